The molecular weight excluding hydrogens is 1180 g/mol. The van der Waals surface area contributed by atoms with E-state index in [4.69, 9.17) is 40.3 Å². The van der Waals surface area contributed by atoms with E-state index in [0.717, 1.165) is 47.6 Å². The highest BCUT2D eigenvalue weighted by atomic mass is 35.5. The van der Waals surface area contributed by atoms with Crippen LogP contribution < -0.4 is 20.3 Å². The summed E-state index contributed by atoms with van der Waals surface area (Å²) in [6.07, 6.45) is -1.78. The Morgan fingerprint density at radius 1 is 0.841 bits per heavy atom. The number of phenolic OH excluding ortho intramolecular Hbond substituents is 1. The molecule has 3 unspecified atom stereocenters. The fraction of sp³-hybridized carbons (Fsp3) is 0.508. The first-order valence-electron chi connectivity index (χ1n) is 29.8. The van der Waals surface area contributed by atoms with Gasteiger partial charge in [-0.15, -0.1) is 11.3 Å². The van der Waals surface area contributed by atoms with Crippen molar-refractivity contribution in [3.8, 4) is 33.3 Å². The van der Waals surface area contributed by atoms with Gasteiger partial charge in [-0.2, -0.15) is 9.97 Å². The summed E-state index contributed by atoms with van der Waals surface area (Å²) in [5.41, 5.74) is 4.34. The highest BCUT2D eigenvalue weighted by Crippen LogP contribution is 2.43. The number of thiazole rings is 1. The molecular formula is C63H79ClFN9O13S. The number of aromatic hydroxyl groups is 1. The van der Waals surface area contributed by atoms with Crippen LogP contribution in [0.2, 0.25) is 5.02 Å². The zero-order valence-corrected chi connectivity index (χ0v) is 52.0. The molecule has 3 aliphatic heterocycles. The van der Waals surface area contributed by atoms with Crippen molar-refractivity contribution in [2.24, 2.45) is 5.41 Å². The zero-order valence-electron chi connectivity index (χ0n) is 50.5. The number of halogens is 2. The molecule has 474 valence electrons. The Kier molecular flexibility index (Phi) is 22.2. The number of anilines is 1. The molecule has 4 amide bonds. The number of piperazine rings is 1. The monoisotopic (exact) mass is 1260 g/mol. The number of ether oxygens (including phenoxy) is 5. The summed E-state index contributed by atoms with van der Waals surface area (Å²) < 4.78 is 46.6. The van der Waals surface area contributed by atoms with Crippen LogP contribution in [0.3, 0.4) is 0 Å². The minimum absolute atomic E-state index is 0.0363. The summed E-state index contributed by atoms with van der Waals surface area (Å²) in [6.45, 7) is 15.4. The minimum Gasteiger partial charge on any atom is -0.508 e. The Morgan fingerprint density at radius 2 is 1.52 bits per heavy atom. The lowest BCUT2D eigenvalue weighted by Gasteiger charge is -2.36. The van der Waals surface area contributed by atoms with Crippen molar-refractivity contribution in [2.75, 3.05) is 104 Å². The van der Waals surface area contributed by atoms with Crippen molar-refractivity contribution in [3.63, 3.8) is 0 Å². The molecule has 22 nitrogen and oxygen atoms in total. The molecule has 3 fully saturated rings. The number of nitrogens with one attached hydrogen (secondary N) is 2. The summed E-state index contributed by atoms with van der Waals surface area (Å²) in [6, 6.07) is 17.5. The first-order valence-corrected chi connectivity index (χ1v) is 31.0. The molecule has 0 radical (unpaired) electrons. The first kappa shape index (κ1) is 65.7. The van der Waals surface area contributed by atoms with Crippen molar-refractivity contribution >= 4 is 74.1 Å². The van der Waals surface area contributed by atoms with Gasteiger partial charge in [0, 0.05) is 69.7 Å². The van der Waals surface area contributed by atoms with Crippen LogP contribution in [0.5, 0.6) is 11.8 Å². The average Bonchev–Trinajstić information content (AvgIpc) is 1.49. The number of carbonyl (C=O) groups excluding carboxylic acids is 4. The van der Waals surface area contributed by atoms with Crippen LogP contribution in [0.25, 0.3) is 43.2 Å². The van der Waals surface area contributed by atoms with E-state index in [1.807, 2.05) is 95.0 Å². The number of piperidine rings is 1. The highest BCUT2D eigenvalue weighted by molar-refractivity contribution is 7.13. The zero-order chi connectivity index (χ0) is 62.8. The summed E-state index contributed by atoms with van der Waals surface area (Å²) in [5.74, 6) is -2.62. The second-order valence-electron chi connectivity index (χ2n) is 23.6. The molecule has 4 aromatic carbocycles. The lowest BCUT2D eigenvalue weighted by molar-refractivity contribution is -0.159. The topological polar surface area (TPSA) is 271 Å². The molecule has 5 atom stereocenters. The molecule has 6 N–H and O–H groups in total. The third kappa shape index (κ3) is 16.4. The lowest BCUT2D eigenvalue weighted by atomic mass is 9.85. The van der Waals surface area contributed by atoms with Crippen molar-refractivity contribution in [1.29, 1.82) is 0 Å². The van der Waals surface area contributed by atoms with E-state index in [1.165, 1.54) is 15.9 Å². The summed E-state index contributed by atoms with van der Waals surface area (Å²) in [4.78, 5) is 74.9. The Morgan fingerprint density at radius 3 is 2.19 bits per heavy atom. The van der Waals surface area contributed by atoms with Gasteiger partial charge in [-0.3, -0.25) is 24.1 Å². The molecule has 25 heteroatoms. The Bertz CT molecular complexity index is 3390. The molecule has 0 saturated carbocycles. The largest absolute Gasteiger partial charge is 0.508 e. The molecule has 6 aromatic rings. The number of aryl methyl sites for hydroxylation is 1. The van der Waals surface area contributed by atoms with E-state index in [1.54, 1.807) is 29.0 Å². The fourth-order valence-electron chi connectivity index (χ4n) is 11.4. The summed E-state index contributed by atoms with van der Waals surface area (Å²) in [5, 5.41) is 47.9. The number of nitrogens with zero attached hydrogens (tertiary/aromatic N) is 7. The van der Waals surface area contributed by atoms with Gasteiger partial charge in [-0.1, -0.05) is 80.9 Å². The number of aliphatic hydroxyl groups is 3. The number of amides is 4. The van der Waals surface area contributed by atoms with E-state index >= 15 is 4.39 Å². The number of hydrogen-bond donors (Lipinski definition) is 6. The second-order valence-corrected chi connectivity index (χ2v) is 24.9. The molecule has 5 heterocycles. The van der Waals surface area contributed by atoms with Crippen molar-refractivity contribution in [1.82, 2.24) is 40.3 Å². The Labute approximate surface area is 519 Å². The SMILES string of the molecule is Cc1ncsc1-c1ccc(C(C)NC(=O)[C@@H]2C[C@@H](O)CN2C(=O)C(NC(=O)COCCOCCOCCOC2CCN(CC(C)Oc3nc(N4CCN(C(=O)C(O)O)CC4)c4cc(Cl)c(-c5cc(O)cc6ccccc56)c(F)c4n3)CC2)C(C)(C)C)cc1. The number of carbonyl (C=O) groups is 4. The number of likely N-dealkylation sites (tertiary alicyclic amines) is 2. The van der Waals surface area contributed by atoms with Gasteiger partial charge >= 0.3 is 6.01 Å². The van der Waals surface area contributed by atoms with E-state index in [9.17, 15) is 39.6 Å². The van der Waals surface area contributed by atoms with Crippen LogP contribution in [0.15, 0.2) is 72.2 Å². The second kappa shape index (κ2) is 29.7. The molecule has 9 rings (SSSR count). The molecule has 3 saturated heterocycles. The lowest BCUT2D eigenvalue weighted by Crippen LogP contribution is -2.58. The molecule has 88 heavy (non-hydrogen) atoms. The fourth-order valence-corrected chi connectivity index (χ4v) is 12.5. The van der Waals surface area contributed by atoms with Gasteiger partial charge in [-0.05, 0) is 84.7 Å². The van der Waals surface area contributed by atoms with Gasteiger partial charge in [0.1, 0.15) is 41.9 Å². The van der Waals surface area contributed by atoms with Gasteiger partial charge in [-0.25, -0.2) is 9.37 Å². The standard InChI is InChI=1S/C63H79ClFN9O13S/c1-37(87-62-69-54-48(57(70-62)72-19-21-73(22-20-72)60(80)61(81)82)32-49(64)52(53(54)65)47-30-43(75)29-42-9-7-8-10-46(42)47)33-71-17-15-45(16-18-71)86-28-27-84-24-23-83-25-26-85-35-51(77)68-56(63(4,5)6)59(79)74-34-44(76)31-50(74)58(78)67-38(2)40-11-13-41(14-12-40)55-39(3)66-36-88-55/h7-14,29-30,32,36-38,44-45,50,56,61,75-76,81-82H,15-28,31,33-35H2,1-6H3,(H,67,78)(H,68,77)/t37?,38?,44-,50+,56?/m1/s1. The Hall–Kier alpha value is -6.71. The van der Waals surface area contributed by atoms with E-state index in [-0.39, 0.29) is 99.0 Å². The number of rotatable bonds is 25. The smallest absolute Gasteiger partial charge is 0.319 e. The number of hydrogen-bond acceptors (Lipinski definition) is 19. The predicted molar refractivity (Wildman–Crippen MR) is 330 cm³/mol. The van der Waals surface area contributed by atoms with Crippen LogP contribution in [-0.4, -0.2) is 209 Å². The average molecular weight is 1260 g/mol. The van der Waals surface area contributed by atoms with Crippen LogP contribution >= 0.6 is 22.9 Å². The van der Waals surface area contributed by atoms with Crippen LogP contribution in [-0.2, 0) is 38.1 Å². The normalized spacial score (nSPS) is 18.1. The highest BCUT2D eigenvalue weighted by Gasteiger charge is 2.45. The maximum Gasteiger partial charge on any atom is 0.319 e. The molecule has 2 aromatic heterocycles. The molecule has 0 aliphatic carbocycles. The molecule has 0 spiro atoms. The number of fused-ring (bicyclic) bond motifs is 2. The van der Waals surface area contributed by atoms with Crippen LogP contribution in [0.4, 0.5) is 10.2 Å². The number of phenols is 1. The number of β-amino-alcohol motifs (C(OH)–C–C–N with tert-alkyl or cyclic N) is 1. The molecule has 0 bridgehead atoms. The maximum atomic E-state index is 17.1. The minimum atomic E-state index is -2.13. The van der Waals surface area contributed by atoms with Gasteiger partial charge in [0.25, 0.3) is 5.91 Å². The van der Waals surface area contributed by atoms with Crippen molar-refractivity contribution in [2.45, 2.75) is 104 Å². The summed E-state index contributed by atoms with van der Waals surface area (Å²) >= 11 is 8.47. The van der Waals surface area contributed by atoms with Gasteiger partial charge in [0.2, 0.25) is 24.0 Å². The third-order valence-electron chi connectivity index (χ3n) is 16.0. The molecule has 3 aliphatic rings. The Balaban J connectivity index is 0.672. The van der Waals surface area contributed by atoms with Gasteiger partial charge in [0.05, 0.1) is 79.0 Å². The van der Waals surface area contributed by atoms with Crippen molar-refractivity contribution in [3.05, 3.63) is 94.3 Å². The number of aliphatic hydroxyl groups excluding tert-OH is 2. The first-order chi connectivity index (χ1) is 42.1. The quantitative estimate of drug-likeness (QED) is 0.0283. The number of aromatic nitrogens is 3. The maximum absolute atomic E-state index is 17.1. The van der Waals surface area contributed by atoms with E-state index < -0.39 is 65.4 Å². The predicted octanol–water partition coefficient (Wildman–Crippen LogP) is 6.01. The van der Waals surface area contributed by atoms with Gasteiger partial charge in [0.15, 0.2) is 5.82 Å². The number of benzene rings is 4. The van der Waals surface area contributed by atoms with Gasteiger partial charge < -0.3 is 69.4 Å². The van der Waals surface area contributed by atoms with Crippen LogP contribution in [0, 0.1) is 18.2 Å². The van der Waals surface area contributed by atoms with E-state index in [2.05, 4.69) is 25.5 Å². The third-order valence-corrected chi connectivity index (χ3v) is 17.3. The van der Waals surface area contributed by atoms with E-state index in [0.29, 0.717) is 60.5 Å². The van der Waals surface area contributed by atoms with Crippen molar-refractivity contribution < 1.29 is 67.7 Å². The van der Waals surface area contributed by atoms with Crippen LogP contribution in [0.1, 0.15) is 71.2 Å². The summed E-state index contributed by atoms with van der Waals surface area (Å²) in [7, 11) is 0.